The highest BCUT2D eigenvalue weighted by molar-refractivity contribution is 5.43. The zero-order valence-corrected chi connectivity index (χ0v) is 51.1. The van der Waals surface area contributed by atoms with E-state index in [9.17, 15) is 5.11 Å². The average Bonchev–Trinajstić information content (AvgIpc) is 4.13. The zero-order chi connectivity index (χ0) is 60.1. The Labute approximate surface area is 505 Å². The summed E-state index contributed by atoms with van der Waals surface area (Å²) < 4.78 is 65.0. The Balaban J connectivity index is 0.000000210. The maximum absolute atomic E-state index is 10.5. The molecule has 5 aliphatic heterocycles. The van der Waals surface area contributed by atoms with Gasteiger partial charge >= 0.3 is 0 Å². The van der Waals surface area contributed by atoms with Crippen molar-refractivity contribution in [3.8, 4) is 40.2 Å². The van der Waals surface area contributed by atoms with E-state index in [0.29, 0.717) is 62.8 Å². The minimum atomic E-state index is -0.772. The van der Waals surface area contributed by atoms with E-state index in [1.807, 2.05) is 140 Å². The van der Waals surface area contributed by atoms with Crippen LogP contribution in [-0.2, 0) is 34.5 Å². The summed E-state index contributed by atoms with van der Waals surface area (Å²) in [6, 6.07) is 61.9. The molecule has 13 heteroatoms. The van der Waals surface area contributed by atoms with E-state index < -0.39 is 6.10 Å². The summed E-state index contributed by atoms with van der Waals surface area (Å²) in [5.41, 5.74) is 4.33. The second-order valence-corrected chi connectivity index (χ2v) is 22.3. The number of aliphatic hydroxyl groups is 1. The van der Waals surface area contributed by atoms with Crippen LogP contribution in [0.15, 0.2) is 188 Å². The lowest BCUT2D eigenvalue weighted by Gasteiger charge is -2.26. The molecular weight excluding hydrogens is 1070 g/mol. The van der Waals surface area contributed by atoms with Gasteiger partial charge in [0.25, 0.3) is 0 Å². The largest absolute Gasteiger partial charge is 0.491 e. The lowest BCUT2D eigenvalue weighted by molar-refractivity contribution is 0.0626. The Bertz CT molecular complexity index is 2610. The molecule has 0 spiro atoms. The lowest BCUT2D eigenvalue weighted by atomic mass is 9.78. The zero-order valence-electron chi connectivity index (χ0n) is 51.1. The number of para-hydroxylation sites is 3. The van der Waals surface area contributed by atoms with E-state index in [1.165, 1.54) is 35.1 Å². The van der Waals surface area contributed by atoms with Crippen molar-refractivity contribution in [3.63, 3.8) is 0 Å². The molecule has 0 bridgehead atoms. The number of hydrogen-bond acceptors (Lipinski definition) is 13. The van der Waals surface area contributed by atoms with Crippen molar-refractivity contribution in [2.24, 2.45) is 0 Å². The summed E-state index contributed by atoms with van der Waals surface area (Å²) in [4.78, 5) is 0. The fourth-order valence-corrected chi connectivity index (χ4v) is 7.95. The standard InChI is InChI=1S/C39H44O7.3C9H10O2.2C3H8/c1-38(2,29-9-17-34(18-10-29)43-23-36-25-45-36)27-5-13-32(14-6-27)41-21-31(40)22-42-33-15-7-28(8-16-33)39(3,4)30-11-19-35(20-12-30)44-24-37-26-46-37;3*1-2-4-8(5-3-1)10-6-9-7-11-9;2*1-3-2/h5-20,31,36-37,40H,21-26H2,1-4H3;3*1-5,9H,6-7H2;2*3H2,1-2H3. The number of ether oxygens (including phenoxy) is 12. The minimum Gasteiger partial charge on any atom is -0.491 e. The van der Waals surface area contributed by atoms with Crippen LogP contribution in [0.2, 0.25) is 0 Å². The molecule has 1 N–H and O–H groups in total. The van der Waals surface area contributed by atoms with Gasteiger partial charge in [-0.25, -0.2) is 0 Å². The molecule has 5 aliphatic rings. The molecule has 7 aromatic carbocycles. The van der Waals surface area contributed by atoms with Crippen molar-refractivity contribution in [2.45, 2.75) is 116 Å². The van der Waals surface area contributed by atoms with Crippen LogP contribution in [0.1, 0.15) is 90.5 Å². The highest BCUT2D eigenvalue weighted by atomic mass is 16.6. The Morgan fingerprint density at radius 3 is 0.682 bits per heavy atom. The molecule has 13 nitrogen and oxygen atoms in total. The summed E-state index contributed by atoms with van der Waals surface area (Å²) in [5.74, 6) is 5.87. The Morgan fingerprint density at radius 2 is 0.494 bits per heavy atom. The van der Waals surface area contributed by atoms with Gasteiger partial charge in [-0.15, -0.1) is 0 Å². The first-order chi connectivity index (χ1) is 41.3. The number of benzene rings is 7. The summed E-state index contributed by atoms with van der Waals surface area (Å²) >= 11 is 0. The van der Waals surface area contributed by atoms with Crippen molar-refractivity contribution in [2.75, 3.05) is 79.3 Å². The summed E-state index contributed by atoms with van der Waals surface area (Å²) in [5, 5.41) is 10.5. The fourth-order valence-electron chi connectivity index (χ4n) is 7.95. The van der Waals surface area contributed by atoms with Crippen LogP contribution in [0.5, 0.6) is 40.2 Å². The van der Waals surface area contributed by atoms with Gasteiger partial charge in [0.1, 0.15) is 123 Å². The molecule has 5 heterocycles. The third-order valence-electron chi connectivity index (χ3n) is 13.6. The molecule has 5 atom stereocenters. The van der Waals surface area contributed by atoms with Crippen LogP contribution in [0.25, 0.3) is 0 Å². The van der Waals surface area contributed by atoms with Crippen LogP contribution in [0.3, 0.4) is 0 Å². The van der Waals surface area contributed by atoms with Gasteiger partial charge in [-0.1, -0.05) is 171 Å². The van der Waals surface area contributed by atoms with Gasteiger partial charge in [-0.05, 0) is 107 Å². The molecule has 0 saturated carbocycles. The van der Waals surface area contributed by atoms with Gasteiger partial charge in [-0.2, -0.15) is 0 Å². The summed E-state index contributed by atoms with van der Waals surface area (Å²) in [6.07, 6.45) is 3.24. The molecule has 0 aromatic heterocycles. The summed E-state index contributed by atoms with van der Waals surface area (Å²) in [7, 11) is 0. The van der Waals surface area contributed by atoms with Gasteiger partial charge in [0.15, 0.2) is 0 Å². The predicted octanol–water partition coefficient (Wildman–Crippen LogP) is 13.9. The fraction of sp³-hybridized carbons (Fsp3) is 0.417. The Hall–Kier alpha value is -7.10. The quantitative estimate of drug-likeness (QED) is 0.0542. The van der Waals surface area contributed by atoms with E-state index in [0.717, 1.165) is 61.8 Å². The van der Waals surface area contributed by atoms with E-state index in [1.54, 1.807) is 0 Å². The van der Waals surface area contributed by atoms with Crippen LogP contribution in [0.4, 0.5) is 0 Å². The van der Waals surface area contributed by atoms with Crippen molar-refractivity contribution in [1.29, 1.82) is 0 Å². The highest BCUT2D eigenvalue weighted by Gasteiger charge is 2.28. The van der Waals surface area contributed by atoms with Gasteiger partial charge in [0.05, 0.1) is 33.0 Å². The molecule has 0 radical (unpaired) electrons. The molecule has 85 heavy (non-hydrogen) atoms. The van der Waals surface area contributed by atoms with Crippen molar-refractivity contribution in [1.82, 2.24) is 0 Å². The highest BCUT2D eigenvalue weighted by Crippen LogP contribution is 2.35. The van der Waals surface area contributed by atoms with Gasteiger partial charge < -0.3 is 61.9 Å². The van der Waals surface area contributed by atoms with Crippen molar-refractivity contribution in [3.05, 3.63) is 210 Å². The smallest absolute Gasteiger partial charge is 0.122 e. The van der Waals surface area contributed by atoms with E-state index in [2.05, 4.69) is 104 Å². The third kappa shape index (κ3) is 25.2. The van der Waals surface area contributed by atoms with Gasteiger partial charge in [0, 0.05) is 10.8 Å². The SMILES string of the molecule is CC(C)(c1ccc(OCC(O)COc2ccc(C(C)(C)c3ccc(OCC4CO4)cc3)cc2)cc1)c1ccc(OCC2CO2)cc1.CCC.CCC.c1ccc(OCC2CO2)cc1.c1ccc(OCC2CO2)cc1.c1ccc(OCC2CO2)cc1. The first kappa shape index (κ1) is 65.4. The minimum absolute atomic E-state index is 0.134. The molecule has 0 amide bonds. The second-order valence-electron chi connectivity index (χ2n) is 22.3. The molecule has 7 aromatic rings. The van der Waals surface area contributed by atoms with Crippen LogP contribution < -0.4 is 33.2 Å². The number of hydrogen-bond donors (Lipinski definition) is 1. The Kier molecular flexibility index (Phi) is 26.8. The molecule has 5 unspecified atom stereocenters. The van der Waals surface area contributed by atoms with E-state index >= 15 is 0 Å². The monoisotopic (exact) mass is 1160 g/mol. The second kappa shape index (κ2) is 34.8. The van der Waals surface area contributed by atoms with Gasteiger partial charge in [-0.3, -0.25) is 0 Å². The lowest BCUT2D eigenvalue weighted by Crippen LogP contribution is -2.25. The molecule has 12 rings (SSSR count). The van der Waals surface area contributed by atoms with Crippen LogP contribution >= 0.6 is 0 Å². The van der Waals surface area contributed by atoms with E-state index in [4.69, 9.17) is 56.8 Å². The van der Waals surface area contributed by atoms with Crippen LogP contribution in [-0.4, -0.2) is 121 Å². The third-order valence-corrected chi connectivity index (χ3v) is 13.6. The first-order valence-electron chi connectivity index (χ1n) is 30.1. The number of aliphatic hydroxyl groups excluding tert-OH is 1. The topological polar surface area (TPSA) is 147 Å². The molecule has 0 aliphatic carbocycles. The van der Waals surface area contributed by atoms with Crippen molar-refractivity contribution >= 4 is 0 Å². The maximum atomic E-state index is 10.5. The molecule has 5 fully saturated rings. The summed E-state index contributed by atoms with van der Waals surface area (Å²) in [6.45, 7) is 25.0. The Morgan fingerprint density at radius 1 is 0.318 bits per heavy atom. The molecular formula is C72H90O13. The molecule has 456 valence electrons. The number of epoxide rings is 5. The molecule has 5 saturated heterocycles. The normalized spacial score (nSPS) is 18.4. The van der Waals surface area contributed by atoms with Crippen molar-refractivity contribution < 1.29 is 61.9 Å². The van der Waals surface area contributed by atoms with Gasteiger partial charge in [0.2, 0.25) is 0 Å². The maximum Gasteiger partial charge on any atom is 0.122 e. The first-order valence-corrected chi connectivity index (χ1v) is 30.1. The average molecular weight is 1160 g/mol. The number of rotatable bonds is 25. The van der Waals surface area contributed by atoms with E-state index in [-0.39, 0.29) is 36.3 Å². The predicted molar refractivity (Wildman–Crippen MR) is 334 cm³/mol. The van der Waals surface area contributed by atoms with Crippen LogP contribution in [0, 0.1) is 0 Å².